The van der Waals surface area contributed by atoms with Gasteiger partial charge in [-0.2, -0.15) is 0 Å². The molecule has 0 unspecified atom stereocenters. The van der Waals surface area contributed by atoms with Crippen LogP contribution in [0.1, 0.15) is 32.6 Å². The molecule has 3 nitrogen and oxygen atoms in total. The lowest BCUT2D eigenvalue weighted by Gasteiger charge is -2.39. The predicted molar refractivity (Wildman–Crippen MR) is 60.5 cm³/mol. The molecule has 0 aromatic carbocycles. The van der Waals surface area contributed by atoms with Crippen molar-refractivity contribution in [3.05, 3.63) is 0 Å². The van der Waals surface area contributed by atoms with E-state index in [-0.39, 0.29) is 0 Å². The average molecular weight is 210 g/mol. The number of hydrogen-bond acceptors (Lipinski definition) is 2. The molecular formula is C12H22N2O. The molecule has 1 aliphatic heterocycles. The minimum absolute atomic E-state index is 0.316. The van der Waals surface area contributed by atoms with Gasteiger partial charge in [-0.15, -0.1) is 0 Å². The summed E-state index contributed by atoms with van der Waals surface area (Å²) < 4.78 is 0. The van der Waals surface area contributed by atoms with Crippen LogP contribution in [0.2, 0.25) is 0 Å². The molecule has 1 aliphatic carbocycles. The van der Waals surface area contributed by atoms with Crippen molar-refractivity contribution in [1.29, 1.82) is 0 Å². The van der Waals surface area contributed by atoms with E-state index in [4.69, 9.17) is 0 Å². The third-order valence-corrected chi connectivity index (χ3v) is 3.99. The van der Waals surface area contributed by atoms with Gasteiger partial charge in [-0.3, -0.25) is 4.79 Å². The van der Waals surface area contributed by atoms with E-state index in [0.717, 1.165) is 31.8 Å². The molecule has 0 aromatic rings. The van der Waals surface area contributed by atoms with Gasteiger partial charge in [0.15, 0.2) is 0 Å². The second kappa shape index (κ2) is 4.52. The molecule has 0 bridgehead atoms. The van der Waals surface area contributed by atoms with Crippen molar-refractivity contribution >= 4 is 5.91 Å². The van der Waals surface area contributed by atoms with Crippen molar-refractivity contribution < 1.29 is 4.79 Å². The summed E-state index contributed by atoms with van der Waals surface area (Å²) in [5.74, 6) is 1.53. The lowest BCUT2D eigenvalue weighted by Crippen LogP contribution is -2.49. The molecule has 1 N–H and O–H groups in total. The Morgan fingerprint density at radius 2 is 1.87 bits per heavy atom. The number of likely N-dealkylation sites (tertiary alicyclic amines) is 1. The van der Waals surface area contributed by atoms with Crippen LogP contribution < -0.4 is 5.32 Å². The Hall–Kier alpha value is -0.570. The van der Waals surface area contributed by atoms with Crippen molar-refractivity contribution in [2.45, 2.75) is 38.6 Å². The monoisotopic (exact) mass is 210 g/mol. The van der Waals surface area contributed by atoms with Gasteiger partial charge in [-0.05, 0) is 38.6 Å². The van der Waals surface area contributed by atoms with Gasteiger partial charge in [0.05, 0.1) is 0 Å². The van der Waals surface area contributed by atoms with Crippen LogP contribution in [0.5, 0.6) is 0 Å². The fraction of sp³-hybridized carbons (Fsp3) is 0.917. The third-order valence-electron chi connectivity index (χ3n) is 3.99. The number of nitrogens with one attached hydrogen (secondary N) is 1. The van der Waals surface area contributed by atoms with Crippen LogP contribution >= 0.6 is 0 Å². The van der Waals surface area contributed by atoms with E-state index >= 15 is 0 Å². The molecule has 2 rings (SSSR count). The molecule has 15 heavy (non-hydrogen) atoms. The summed E-state index contributed by atoms with van der Waals surface area (Å²) in [7, 11) is 1.98. The fourth-order valence-electron chi connectivity index (χ4n) is 2.54. The van der Waals surface area contributed by atoms with Crippen LogP contribution in [0.25, 0.3) is 0 Å². The first-order chi connectivity index (χ1) is 7.20. The SMILES string of the molecule is CNC1CC(C(=O)N2CCC(C)CC2)C1. The van der Waals surface area contributed by atoms with Gasteiger partial charge >= 0.3 is 0 Å². The van der Waals surface area contributed by atoms with E-state index in [1.807, 2.05) is 7.05 Å². The number of piperidine rings is 1. The maximum atomic E-state index is 12.0. The number of amides is 1. The lowest BCUT2D eigenvalue weighted by atomic mass is 9.79. The molecule has 3 heteroatoms. The Labute approximate surface area is 92.2 Å². The normalized spacial score (nSPS) is 32.5. The average Bonchev–Trinajstić information content (AvgIpc) is 2.17. The summed E-state index contributed by atoms with van der Waals surface area (Å²) in [5.41, 5.74) is 0. The molecule has 1 heterocycles. The summed E-state index contributed by atoms with van der Waals surface area (Å²) in [6, 6.07) is 0.586. The van der Waals surface area contributed by atoms with Crippen LogP contribution in [-0.4, -0.2) is 37.0 Å². The van der Waals surface area contributed by atoms with E-state index in [1.54, 1.807) is 0 Å². The maximum Gasteiger partial charge on any atom is 0.225 e. The lowest BCUT2D eigenvalue weighted by molar-refractivity contribution is -0.140. The van der Waals surface area contributed by atoms with Crippen LogP contribution in [0.4, 0.5) is 0 Å². The first-order valence-electron chi connectivity index (χ1n) is 6.16. The Bertz CT molecular complexity index is 228. The zero-order valence-electron chi connectivity index (χ0n) is 9.83. The van der Waals surface area contributed by atoms with Crippen LogP contribution in [0.15, 0.2) is 0 Å². The zero-order chi connectivity index (χ0) is 10.8. The number of carbonyl (C=O) groups excluding carboxylic acids is 1. The minimum Gasteiger partial charge on any atom is -0.342 e. The van der Waals surface area contributed by atoms with Crippen LogP contribution in [0, 0.1) is 11.8 Å². The summed E-state index contributed by atoms with van der Waals surface area (Å²) in [6.45, 7) is 4.25. The van der Waals surface area contributed by atoms with Gasteiger partial charge in [0.25, 0.3) is 0 Å². The Kier molecular flexibility index (Phi) is 3.29. The Balaban J connectivity index is 1.77. The summed E-state index contributed by atoms with van der Waals surface area (Å²) in [5, 5.41) is 3.23. The van der Waals surface area contributed by atoms with Gasteiger partial charge in [-0.25, -0.2) is 0 Å². The van der Waals surface area contributed by atoms with Gasteiger partial charge in [-0.1, -0.05) is 6.92 Å². The largest absolute Gasteiger partial charge is 0.342 e. The van der Waals surface area contributed by atoms with E-state index < -0.39 is 0 Å². The first kappa shape index (κ1) is 10.9. The second-order valence-electron chi connectivity index (χ2n) is 5.16. The molecule has 2 fully saturated rings. The summed E-state index contributed by atoms with van der Waals surface area (Å²) in [6.07, 6.45) is 4.46. The first-order valence-corrected chi connectivity index (χ1v) is 6.16. The topological polar surface area (TPSA) is 32.3 Å². The molecule has 2 aliphatic rings. The van der Waals surface area contributed by atoms with Crippen molar-refractivity contribution in [2.75, 3.05) is 20.1 Å². The number of carbonyl (C=O) groups is 1. The molecular weight excluding hydrogens is 188 g/mol. The molecule has 0 aromatic heterocycles. The van der Waals surface area contributed by atoms with Crippen LogP contribution in [-0.2, 0) is 4.79 Å². The zero-order valence-corrected chi connectivity index (χ0v) is 9.83. The molecule has 1 saturated carbocycles. The number of hydrogen-bond donors (Lipinski definition) is 1. The number of nitrogens with zero attached hydrogens (tertiary/aromatic N) is 1. The van der Waals surface area contributed by atoms with E-state index in [0.29, 0.717) is 17.9 Å². The highest BCUT2D eigenvalue weighted by Crippen LogP contribution is 2.30. The van der Waals surface area contributed by atoms with E-state index in [9.17, 15) is 4.79 Å². The Morgan fingerprint density at radius 1 is 1.27 bits per heavy atom. The summed E-state index contributed by atoms with van der Waals surface area (Å²) in [4.78, 5) is 14.1. The smallest absolute Gasteiger partial charge is 0.225 e. The van der Waals surface area contributed by atoms with E-state index in [1.165, 1.54) is 12.8 Å². The quantitative estimate of drug-likeness (QED) is 0.744. The third kappa shape index (κ3) is 2.33. The predicted octanol–water partition coefficient (Wildman–Crippen LogP) is 1.24. The van der Waals surface area contributed by atoms with Gasteiger partial charge in [0, 0.05) is 25.0 Å². The molecule has 1 saturated heterocycles. The highest BCUT2D eigenvalue weighted by Gasteiger charge is 2.36. The molecule has 1 amide bonds. The molecule has 0 atom stereocenters. The van der Waals surface area contributed by atoms with Gasteiger partial charge in [0.1, 0.15) is 0 Å². The molecule has 0 radical (unpaired) electrons. The standard InChI is InChI=1S/C12H22N2O/c1-9-3-5-14(6-4-9)12(15)10-7-11(8-10)13-2/h9-11,13H,3-8H2,1-2H3. The van der Waals surface area contributed by atoms with Gasteiger partial charge in [0.2, 0.25) is 5.91 Å². The number of rotatable bonds is 2. The fourth-order valence-corrected chi connectivity index (χ4v) is 2.54. The van der Waals surface area contributed by atoms with E-state index in [2.05, 4.69) is 17.1 Å². The molecule has 0 spiro atoms. The minimum atomic E-state index is 0.316. The molecule has 86 valence electrons. The van der Waals surface area contributed by atoms with Crippen molar-refractivity contribution in [2.24, 2.45) is 11.8 Å². The summed E-state index contributed by atoms with van der Waals surface area (Å²) >= 11 is 0. The van der Waals surface area contributed by atoms with Crippen LogP contribution in [0.3, 0.4) is 0 Å². The van der Waals surface area contributed by atoms with Crippen molar-refractivity contribution in [1.82, 2.24) is 10.2 Å². The highest BCUT2D eigenvalue weighted by atomic mass is 16.2. The maximum absolute atomic E-state index is 12.0. The Morgan fingerprint density at radius 3 is 2.40 bits per heavy atom. The second-order valence-corrected chi connectivity index (χ2v) is 5.16. The van der Waals surface area contributed by atoms with Crippen molar-refractivity contribution in [3.8, 4) is 0 Å². The van der Waals surface area contributed by atoms with Crippen molar-refractivity contribution in [3.63, 3.8) is 0 Å². The van der Waals surface area contributed by atoms with Gasteiger partial charge < -0.3 is 10.2 Å². The highest BCUT2D eigenvalue weighted by molar-refractivity contribution is 5.80.